The fourth-order valence-corrected chi connectivity index (χ4v) is 3.81. The number of hydrogen-bond donors (Lipinski definition) is 1. The normalized spacial score (nSPS) is 17.0. The van der Waals surface area contributed by atoms with Crippen molar-refractivity contribution in [2.24, 2.45) is 0 Å². The van der Waals surface area contributed by atoms with E-state index in [0.717, 1.165) is 35.7 Å². The highest BCUT2D eigenvalue weighted by Gasteiger charge is 2.32. The number of hydrogen-bond acceptors (Lipinski definition) is 4. The molecule has 0 unspecified atom stereocenters. The smallest absolute Gasteiger partial charge is 0.224 e. The van der Waals surface area contributed by atoms with E-state index in [9.17, 15) is 4.79 Å². The monoisotopic (exact) mass is 323 g/mol. The van der Waals surface area contributed by atoms with Crippen molar-refractivity contribution >= 4 is 17.7 Å². The van der Waals surface area contributed by atoms with Crippen LogP contribution < -0.4 is 10.1 Å². The summed E-state index contributed by atoms with van der Waals surface area (Å²) in [6, 6.07) is 7.68. The van der Waals surface area contributed by atoms with E-state index < -0.39 is 0 Å². The first-order chi connectivity index (χ1) is 10.7. The number of amides is 1. The molecule has 1 heterocycles. The van der Waals surface area contributed by atoms with E-state index in [-0.39, 0.29) is 11.5 Å². The largest absolute Gasteiger partial charge is 0.494 e. The molecule has 0 saturated carbocycles. The van der Waals surface area contributed by atoms with Crippen molar-refractivity contribution < 1.29 is 14.3 Å². The Kier molecular flexibility index (Phi) is 6.58. The van der Waals surface area contributed by atoms with Crippen molar-refractivity contribution in [1.29, 1.82) is 0 Å². The first-order valence-corrected chi connectivity index (χ1v) is 8.94. The van der Waals surface area contributed by atoms with E-state index in [2.05, 4.69) is 5.32 Å². The standard InChI is InChI=1S/C17H25NO3S/c1-3-21-15-6-4-14(5-7-15)12-16(19)18-13-17(20-2)8-10-22-11-9-17/h4-7H,3,8-13H2,1-2H3,(H,18,19). The van der Waals surface area contributed by atoms with Gasteiger partial charge in [0.25, 0.3) is 0 Å². The van der Waals surface area contributed by atoms with E-state index in [1.807, 2.05) is 43.0 Å². The van der Waals surface area contributed by atoms with Crippen LogP contribution in [0.5, 0.6) is 5.75 Å². The third-order valence-corrected chi connectivity index (χ3v) is 5.03. The second-order valence-electron chi connectivity index (χ2n) is 5.53. The van der Waals surface area contributed by atoms with Gasteiger partial charge in [-0.1, -0.05) is 12.1 Å². The zero-order valence-corrected chi connectivity index (χ0v) is 14.2. The van der Waals surface area contributed by atoms with Gasteiger partial charge in [0.15, 0.2) is 0 Å². The van der Waals surface area contributed by atoms with Crippen molar-refractivity contribution in [1.82, 2.24) is 5.32 Å². The maximum absolute atomic E-state index is 12.1. The average molecular weight is 323 g/mol. The van der Waals surface area contributed by atoms with Gasteiger partial charge in [-0.3, -0.25) is 4.79 Å². The topological polar surface area (TPSA) is 47.6 Å². The summed E-state index contributed by atoms with van der Waals surface area (Å²) in [5.74, 6) is 3.08. The number of benzene rings is 1. The summed E-state index contributed by atoms with van der Waals surface area (Å²) in [4.78, 5) is 12.1. The number of carbonyl (C=O) groups is 1. The number of nitrogens with one attached hydrogen (secondary N) is 1. The van der Waals surface area contributed by atoms with Crippen LogP contribution in [0, 0.1) is 0 Å². The molecule has 4 nitrogen and oxygen atoms in total. The Morgan fingerprint density at radius 2 is 1.95 bits per heavy atom. The molecule has 2 rings (SSSR count). The molecule has 5 heteroatoms. The molecule has 1 N–H and O–H groups in total. The second-order valence-corrected chi connectivity index (χ2v) is 6.75. The number of ether oxygens (including phenoxy) is 2. The summed E-state index contributed by atoms with van der Waals surface area (Å²) in [7, 11) is 1.74. The molecule has 0 aliphatic carbocycles. The van der Waals surface area contributed by atoms with Crippen molar-refractivity contribution in [3.8, 4) is 5.75 Å². The minimum Gasteiger partial charge on any atom is -0.494 e. The molecule has 1 fully saturated rings. The Hall–Kier alpha value is -1.20. The van der Waals surface area contributed by atoms with Crippen LogP contribution in [0.3, 0.4) is 0 Å². The SMILES string of the molecule is CCOc1ccc(CC(=O)NCC2(OC)CCSCC2)cc1. The molecule has 1 aromatic rings. The third kappa shape index (κ3) is 4.92. The molecule has 1 aliphatic rings. The van der Waals surface area contributed by atoms with Crippen LogP contribution in [0.1, 0.15) is 25.3 Å². The molecule has 22 heavy (non-hydrogen) atoms. The first kappa shape index (κ1) is 17.2. The zero-order valence-electron chi connectivity index (χ0n) is 13.4. The van der Waals surface area contributed by atoms with Crippen LogP contribution >= 0.6 is 11.8 Å². The Morgan fingerprint density at radius 3 is 2.55 bits per heavy atom. The molecule has 1 aromatic carbocycles. The Bertz CT molecular complexity index is 469. The quantitative estimate of drug-likeness (QED) is 0.838. The van der Waals surface area contributed by atoms with E-state index in [1.165, 1.54) is 0 Å². The summed E-state index contributed by atoms with van der Waals surface area (Å²) in [6.45, 7) is 3.20. The van der Waals surface area contributed by atoms with Crippen molar-refractivity contribution in [3.63, 3.8) is 0 Å². The van der Waals surface area contributed by atoms with Crippen molar-refractivity contribution in [3.05, 3.63) is 29.8 Å². The number of carbonyl (C=O) groups excluding carboxylic acids is 1. The summed E-state index contributed by atoms with van der Waals surface area (Å²) < 4.78 is 11.1. The maximum Gasteiger partial charge on any atom is 0.224 e. The zero-order chi connectivity index (χ0) is 15.8. The Labute approximate surface area is 137 Å². The highest BCUT2D eigenvalue weighted by Crippen LogP contribution is 2.29. The lowest BCUT2D eigenvalue weighted by Gasteiger charge is -2.35. The summed E-state index contributed by atoms with van der Waals surface area (Å²) >= 11 is 1.95. The fourth-order valence-electron chi connectivity index (χ4n) is 2.57. The predicted octanol–water partition coefficient (Wildman–Crippen LogP) is 2.66. The Morgan fingerprint density at radius 1 is 1.27 bits per heavy atom. The third-order valence-electron chi connectivity index (χ3n) is 4.04. The summed E-state index contributed by atoms with van der Waals surface area (Å²) in [5, 5.41) is 3.03. The molecule has 122 valence electrons. The summed E-state index contributed by atoms with van der Waals surface area (Å²) in [5.41, 5.74) is 0.811. The molecule has 1 saturated heterocycles. The molecule has 0 radical (unpaired) electrons. The van der Waals surface area contributed by atoms with E-state index >= 15 is 0 Å². The lowest BCUT2D eigenvalue weighted by atomic mass is 9.96. The van der Waals surface area contributed by atoms with Crippen LogP contribution in [-0.4, -0.2) is 43.3 Å². The lowest BCUT2D eigenvalue weighted by Crippen LogP contribution is -2.47. The molecule has 0 atom stereocenters. The van der Waals surface area contributed by atoms with Gasteiger partial charge < -0.3 is 14.8 Å². The lowest BCUT2D eigenvalue weighted by molar-refractivity contribution is -0.122. The minimum absolute atomic E-state index is 0.0406. The van der Waals surface area contributed by atoms with E-state index in [0.29, 0.717) is 19.6 Å². The maximum atomic E-state index is 12.1. The van der Waals surface area contributed by atoms with Crippen molar-refractivity contribution in [2.75, 3.05) is 31.8 Å². The van der Waals surface area contributed by atoms with Gasteiger partial charge >= 0.3 is 0 Å². The molecule has 0 aromatic heterocycles. The molecule has 0 bridgehead atoms. The highest BCUT2D eigenvalue weighted by atomic mass is 32.2. The minimum atomic E-state index is -0.181. The van der Waals surface area contributed by atoms with Gasteiger partial charge in [0, 0.05) is 13.7 Å². The van der Waals surface area contributed by atoms with Gasteiger partial charge in [-0.05, 0) is 49.0 Å². The molecular formula is C17H25NO3S. The van der Waals surface area contributed by atoms with Crippen LogP contribution in [0.4, 0.5) is 0 Å². The van der Waals surface area contributed by atoms with Gasteiger partial charge in [0.2, 0.25) is 5.91 Å². The second kappa shape index (κ2) is 8.44. The van der Waals surface area contributed by atoms with Crippen LogP contribution in [0.15, 0.2) is 24.3 Å². The van der Waals surface area contributed by atoms with Crippen LogP contribution in [0.2, 0.25) is 0 Å². The predicted molar refractivity (Wildman–Crippen MR) is 90.6 cm³/mol. The molecular weight excluding hydrogens is 298 g/mol. The van der Waals surface area contributed by atoms with Gasteiger partial charge in [0.1, 0.15) is 5.75 Å². The van der Waals surface area contributed by atoms with E-state index in [4.69, 9.17) is 9.47 Å². The van der Waals surface area contributed by atoms with Gasteiger partial charge in [-0.2, -0.15) is 11.8 Å². The van der Waals surface area contributed by atoms with Gasteiger partial charge in [-0.25, -0.2) is 0 Å². The highest BCUT2D eigenvalue weighted by molar-refractivity contribution is 7.99. The summed E-state index contributed by atoms with van der Waals surface area (Å²) in [6.07, 6.45) is 2.38. The molecule has 1 amide bonds. The van der Waals surface area contributed by atoms with Gasteiger partial charge in [0.05, 0.1) is 18.6 Å². The number of methoxy groups -OCH3 is 1. The first-order valence-electron chi connectivity index (χ1n) is 7.79. The Balaban J connectivity index is 1.81. The number of rotatable bonds is 7. The molecule has 1 aliphatic heterocycles. The van der Waals surface area contributed by atoms with Crippen LogP contribution in [0.25, 0.3) is 0 Å². The van der Waals surface area contributed by atoms with Crippen molar-refractivity contribution in [2.45, 2.75) is 31.8 Å². The van der Waals surface area contributed by atoms with E-state index in [1.54, 1.807) is 7.11 Å². The molecule has 0 spiro atoms. The number of thioether (sulfide) groups is 1. The van der Waals surface area contributed by atoms with Gasteiger partial charge in [-0.15, -0.1) is 0 Å². The van der Waals surface area contributed by atoms with Crippen LogP contribution in [-0.2, 0) is 16.0 Å². The fraction of sp³-hybridized carbons (Fsp3) is 0.588. The average Bonchev–Trinajstić information content (AvgIpc) is 2.56.